The first kappa shape index (κ1) is 12.6. The average Bonchev–Trinajstić information content (AvgIpc) is 2.34. The molecule has 1 unspecified atom stereocenters. The molecule has 1 aromatic rings. The molecule has 0 fully saturated rings. The van der Waals surface area contributed by atoms with Gasteiger partial charge in [0.05, 0.1) is 7.11 Å². The first-order valence-corrected chi connectivity index (χ1v) is 5.54. The van der Waals surface area contributed by atoms with Gasteiger partial charge in [-0.1, -0.05) is 18.2 Å². The summed E-state index contributed by atoms with van der Waals surface area (Å²) in [5, 5.41) is 3.29. The molecule has 0 aliphatic carbocycles. The molecule has 0 radical (unpaired) electrons. The van der Waals surface area contributed by atoms with Crippen LogP contribution in [0, 0.1) is 12.3 Å². The molecule has 1 atom stereocenters. The Balaban J connectivity index is 2.66. The van der Waals surface area contributed by atoms with Gasteiger partial charge >= 0.3 is 0 Å². The number of nitrogens with one attached hydrogen (secondary N) is 1. The zero-order valence-electron chi connectivity index (χ0n) is 9.99. The molecule has 0 spiro atoms. The van der Waals surface area contributed by atoms with Gasteiger partial charge in [-0.2, -0.15) is 0 Å². The van der Waals surface area contributed by atoms with Gasteiger partial charge in [-0.25, -0.2) is 0 Å². The highest BCUT2D eigenvalue weighted by Gasteiger charge is 2.09. The van der Waals surface area contributed by atoms with Crippen LogP contribution in [0.5, 0.6) is 5.75 Å². The van der Waals surface area contributed by atoms with E-state index in [1.807, 2.05) is 25.2 Å². The Morgan fingerprint density at radius 2 is 2.19 bits per heavy atom. The largest absolute Gasteiger partial charge is 0.496 e. The molecule has 1 rings (SSSR count). The van der Waals surface area contributed by atoms with E-state index in [4.69, 9.17) is 11.2 Å². The van der Waals surface area contributed by atoms with Crippen molar-refractivity contribution in [1.29, 1.82) is 0 Å². The van der Waals surface area contributed by atoms with Crippen molar-refractivity contribution in [1.82, 2.24) is 5.32 Å². The molecule has 16 heavy (non-hydrogen) atoms. The van der Waals surface area contributed by atoms with Crippen LogP contribution < -0.4 is 10.1 Å². The maximum Gasteiger partial charge on any atom is 0.122 e. The van der Waals surface area contributed by atoms with Crippen molar-refractivity contribution in [2.24, 2.45) is 0 Å². The minimum atomic E-state index is 0.410. The van der Waals surface area contributed by atoms with Gasteiger partial charge in [0.15, 0.2) is 0 Å². The van der Waals surface area contributed by atoms with Crippen LogP contribution in [0.1, 0.15) is 18.4 Å². The van der Waals surface area contributed by atoms with E-state index in [1.165, 1.54) is 5.56 Å². The third-order valence-electron chi connectivity index (χ3n) is 2.70. The SMILES string of the molecule is C#CCCC(Cc1ccccc1OC)NC. The number of para-hydroxylation sites is 1. The van der Waals surface area contributed by atoms with Crippen molar-refractivity contribution in [3.8, 4) is 18.1 Å². The van der Waals surface area contributed by atoms with Crippen molar-refractivity contribution in [2.75, 3.05) is 14.2 Å². The van der Waals surface area contributed by atoms with E-state index in [-0.39, 0.29) is 0 Å². The Hall–Kier alpha value is -1.46. The van der Waals surface area contributed by atoms with Crippen LogP contribution in [0.4, 0.5) is 0 Å². The molecule has 0 aliphatic rings. The second-order valence-corrected chi connectivity index (χ2v) is 3.74. The Morgan fingerprint density at radius 3 is 2.81 bits per heavy atom. The highest BCUT2D eigenvalue weighted by Crippen LogP contribution is 2.19. The topological polar surface area (TPSA) is 21.3 Å². The van der Waals surface area contributed by atoms with E-state index in [0.717, 1.165) is 25.0 Å². The lowest BCUT2D eigenvalue weighted by molar-refractivity contribution is 0.405. The lowest BCUT2D eigenvalue weighted by atomic mass is 10.0. The zero-order chi connectivity index (χ0) is 11.8. The zero-order valence-corrected chi connectivity index (χ0v) is 9.99. The van der Waals surface area contributed by atoms with Gasteiger partial charge in [-0.3, -0.25) is 0 Å². The van der Waals surface area contributed by atoms with Crippen LogP contribution >= 0.6 is 0 Å². The van der Waals surface area contributed by atoms with Crippen LogP contribution in [0.3, 0.4) is 0 Å². The Bertz CT molecular complexity index is 354. The fraction of sp³-hybridized carbons (Fsp3) is 0.429. The van der Waals surface area contributed by atoms with Crippen LogP contribution in [-0.4, -0.2) is 20.2 Å². The summed E-state index contributed by atoms with van der Waals surface area (Å²) >= 11 is 0. The molecule has 86 valence electrons. The third kappa shape index (κ3) is 3.60. The molecule has 0 amide bonds. The number of hydrogen-bond acceptors (Lipinski definition) is 2. The molecule has 0 saturated heterocycles. The Labute approximate surface area is 98.0 Å². The van der Waals surface area contributed by atoms with Gasteiger partial charge in [-0.15, -0.1) is 12.3 Å². The summed E-state index contributed by atoms with van der Waals surface area (Å²) in [6.45, 7) is 0. The highest BCUT2D eigenvalue weighted by atomic mass is 16.5. The summed E-state index contributed by atoms with van der Waals surface area (Å²) in [4.78, 5) is 0. The van der Waals surface area contributed by atoms with E-state index in [0.29, 0.717) is 6.04 Å². The van der Waals surface area contributed by atoms with E-state index >= 15 is 0 Å². The summed E-state index contributed by atoms with van der Waals surface area (Å²) in [7, 11) is 3.67. The first-order chi connectivity index (χ1) is 7.81. The van der Waals surface area contributed by atoms with Crippen molar-refractivity contribution >= 4 is 0 Å². The lowest BCUT2D eigenvalue weighted by Crippen LogP contribution is -2.27. The number of terminal acetylenes is 1. The normalized spacial score (nSPS) is 11.8. The minimum absolute atomic E-state index is 0.410. The van der Waals surface area contributed by atoms with Crippen molar-refractivity contribution in [2.45, 2.75) is 25.3 Å². The fourth-order valence-corrected chi connectivity index (χ4v) is 1.74. The van der Waals surface area contributed by atoms with Crippen LogP contribution in [0.2, 0.25) is 0 Å². The van der Waals surface area contributed by atoms with Crippen molar-refractivity contribution in [3.05, 3.63) is 29.8 Å². The molecule has 0 heterocycles. The number of rotatable bonds is 6. The summed E-state index contributed by atoms with van der Waals surface area (Å²) in [5.74, 6) is 3.62. The lowest BCUT2D eigenvalue weighted by Gasteiger charge is -2.16. The molecule has 0 aliphatic heterocycles. The highest BCUT2D eigenvalue weighted by molar-refractivity contribution is 5.33. The smallest absolute Gasteiger partial charge is 0.122 e. The van der Waals surface area contributed by atoms with Gasteiger partial charge in [-0.05, 0) is 31.5 Å². The summed E-state index contributed by atoms with van der Waals surface area (Å²) in [5.41, 5.74) is 1.22. The Morgan fingerprint density at radius 1 is 1.44 bits per heavy atom. The quantitative estimate of drug-likeness (QED) is 0.738. The summed E-state index contributed by atoms with van der Waals surface area (Å²) < 4.78 is 5.33. The Kier molecular flexibility index (Phi) is 5.45. The number of hydrogen-bond donors (Lipinski definition) is 1. The van der Waals surface area contributed by atoms with Gasteiger partial charge in [0.25, 0.3) is 0 Å². The predicted octanol–water partition coefficient (Wildman–Crippen LogP) is 2.24. The molecule has 1 aromatic carbocycles. The maximum absolute atomic E-state index is 5.33. The second-order valence-electron chi connectivity index (χ2n) is 3.74. The molecule has 0 aromatic heterocycles. The average molecular weight is 217 g/mol. The van der Waals surface area contributed by atoms with E-state index in [1.54, 1.807) is 7.11 Å². The number of methoxy groups -OCH3 is 1. The fourth-order valence-electron chi connectivity index (χ4n) is 1.74. The molecule has 1 N–H and O–H groups in total. The second kappa shape index (κ2) is 6.92. The van der Waals surface area contributed by atoms with Gasteiger partial charge in [0.2, 0.25) is 0 Å². The molecular formula is C14H19NO. The van der Waals surface area contributed by atoms with E-state index in [2.05, 4.69) is 17.3 Å². The number of likely N-dealkylation sites (N-methyl/N-ethyl adjacent to an activating group) is 1. The molecule has 0 bridgehead atoms. The van der Waals surface area contributed by atoms with Gasteiger partial charge in [0, 0.05) is 12.5 Å². The maximum atomic E-state index is 5.33. The summed E-state index contributed by atoms with van der Waals surface area (Å²) in [6.07, 6.45) is 8.02. The molecule has 2 heteroatoms. The molecule has 0 saturated carbocycles. The van der Waals surface area contributed by atoms with Crippen molar-refractivity contribution in [3.63, 3.8) is 0 Å². The van der Waals surface area contributed by atoms with Crippen molar-refractivity contribution < 1.29 is 4.74 Å². The number of ether oxygens (including phenoxy) is 1. The van der Waals surface area contributed by atoms with Crippen LogP contribution in [0.25, 0.3) is 0 Å². The van der Waals surface area contributed by atoms with E-state index < -0.39 is 0 Å². The van der Waals surface area contributed by atoms with Gasteiger partial charge in [0.1, 0.15) is 5.75 Å². The summed E-state index contributed by atoms with van der Waals surface area (Å²) in [6, 6.07) is 8.51. The predicted molar refractivity (Wildman–Crippen MR) is 67.6 cm³/mol. The first-order valence-electron chi connectivity index (χ1n) is 5.54. The number of benzene rings is 1. The standard InChI is InChI=1S/C14H19NO/c1-4-5-9-13(15-2)11-12-8-6-7-10-14(12)16-3/h1,6-8,10,13,15H,5,9,11H2,2-3H3. The third-order valence-corrected chi connectivity index (χ3v) is 2.70. The van der Waals surface area contributed by atoms with E-state index in [9.17, 15) is 0 Å². The van der Waals surface area contributed by atoms with Crippen LogP contribution in [0.15, 0.2) is 24.3 Å². The molecular weight excluding hydrogens is 198 g/mol. The van der Waals surface area contributed by atoms with Gasteiger partial charge < -0.3 is 10.1 Å². The minimum Gasteiger partial charge on any atom is -0.496 e. The molecule has 2 nitrogen and oxygen atoms in total. The van der Waals surface area contributed by atoms with Crippen LogP contribution in [-0.2, 0) is 6.42 Å². The monoisotopic (exact) mass is 217 g/mol.